The zero-order valence-corrected chi connectivity index (χ0v) is 10.1. The Bertz CT molecular complexity index is 623. The molecule has 2 aromatic rings. The largest absolute Gasteiger partial charge is 0.506 e. The second-order valence-electron chi connectivity index (χ2n) is 4.02. The van der Waals surface area contributed by atoms with Gasteiger partial charge in [-0.1, -0.05) is 0 Å². The number of aryl methyl sites for hydroxylation is 1. The van der Waals surface area contributed by atoms with E-state index in [1.54, 1.807) is 6.92 Å². The van der Waals surface area contributed by atoms with Crippen molar-refractivity contribution in [1.29, 1.82) is 0 Å². The summed E-state index contributed by atoms with van der Waals surface area (Å²) in [6.45, 7) is 1.53. The quantitative estimate of drug-likeness (QED) is 0.621. The van der Waals surface area contributed by atoms with Crippen LogP contribution in [0.4, 0.5) is 5.82 Å². The molecule has 0 amide bonds. The number of hydrogen-bond acceptors (Lipinski definition) is 6. The van der Waals surface area contributed by atoms with Gasteiger partial charge in [0.05, 0.1) is 18.8 Å². The fourth-order valence-electron chi connectivity index (χ4n) is 1.72. The third-order valence-electron chi connectivity index (χ3n) is 2.75. The van der Waals surface area contributed by atoms with E-state index in [1.807, 2.05) is 0 Å². The van der Waals surface area contributed by atoms with Crippen LogP contribution in [0.3, 0.4) is 0 Å². The first-order valence-corrected chi connectivity index (χ1v) is 5.46. The number of rotatable bonds is 4. The van der Waals surface area contributed by atoms with Crippen molar-refractivity contribution in [3.63, 3.8) is 0 Å². The Morgan fingerprint density at radius 2 is 2.21 bits per heavy atom. The summed E-state index contributed by atoms with van der Waals surface area (Å²) in [4.78, 5) is 17.6. The summed E-state index contributed by atoms with van der Waals surface area (Å²) in [5.41, 5.74) is 1.37. The lowest BCUT2D eigenvalue weighted by Crippen LogP contribution is -2.04. The Labute approximate surface area is 108 Å². The van der Waals surface area contributed by atoms with Crippen LogP contribution in [0.1, 0.15) is 16.8 Å². The van der Waals surface area contributed by atoms with Crippen molar-refractivity contribution in [2.24, 2.45) is 0 Å². The number of aromatic hydroxyl groups is 1. The molecule has 0 aliphatic carbocycles. The molecule has 0 saturated carbocycles. The molecule has 0 fully saturated rings. The first-order chi connectivity index (χ1) is 9.02. The molecule has 2 heterocycles. The molecule has 8 nitrogen and oxygen atoms in total. The predicted octanol–water partition coefficient (Wildman–Crippen LogP) is 0.741. The van der Waals surface area contributed by atoms with Crippen LogP contribution in [0, 0.1) is 17.0 Å². The Morgan fingerprint density at radius 3 is 2.79 bits per heavy atom. The molecule has 0 aliphatic rings. The average Bonchev–Trinajstić information content (AvgIpc) is 2.83. The van der Waals surface area contributed by atoms with Crippen molar-refractivity contribution in [1.82, 2.24) is 14.5 Å². The number of aromatic nitrogens is 3. The molecule has 0 bridgehead atoms. The number of aliphatic hydroxyl groups excluding tert-OH is 1. The summed E-state index contributed by atoms with van der Waals surface area (Å²) < 4.78 is 1.49. The lowest BCUT2D eigenvalue weighted by atomic mass is 10.1. The maximum absolute atomic E-state index is 10.5. The normalized spacial score (nSPS) is 10.6. The van der Waals surface area contributed by atoms with Gasteiger partial charge < -0.3 is 24.9 Å². The van der Waals surface area contributed by atoms with E-state index in [0.717, 1.165) is 0 Å². The van der Waals surface area contributed by atoms with Gasteiger partial charge in [-0.25, -0.2) is 0 Å². The molecule has 0 spiro atoms. The average molecular weight is 264 g/mol. The minimum atomic E-state index is -0.589. The molecule has 0 radical (unpaired) electrons. The molecule has 2 N–H and O–H groups in total. The number of nitrogens with zero attached hydrogens (tertiary/aromatic N) is 4. The molecule has 100 valence electrons. The number of aliphatic hydroxyl groups is 1. The van der Waals surface area contributed by atoms with Gasteiger partial charge in [-0.15, -0.1) is 0 Å². The van der Waals surface area contributed by atoms with Crippen LogP contribution in [0.2, 0.25) is 0 Å². The lowest BCUT2D eigenvalue weighted by molar-refractivity contribution is -0.389. The van der Waals surface area contributed by atoms with Crippen molar-refractivity contribution in [3.05, 3.63) is 45.7 Å². The summed E-state index contributed by atoms with van der Waals surface area (Å²) in [5, 5.41) is 29.6. The van der Waals surface area contributed by atoms with Crippen LogP contribution < -0.4 is 0 Å². The first kappa shape index (κ1) is 13.0. The van der Waals surface area contributed by atoms with Crippen LogP contribution in [-0.2, 0) is 13.2 Å². The molecule has 0 unspecified atom stereocenters. The van der Waals surface area contributed by atoms with Crippen molar-refractivity contribution in [2.45, 2.75) is 20.1 Å². The van der Waals surface area contributed by atoms with Gasteiger partial charge >= 0.3 is 5.82 Å². The molecule has 19 heavy (non-hydrogen) atoms. The van der Waals surface area contributed by atoms with Crippen LogP contribution in [-0.4, -0.2) is 29.7 Å². The molecule has 0 saturated heterocycles. The highest BCUT2D eigenvalue weighted by atomic mass is 16.6. The highest BCUT2D eigenvalue weighted by Gasteiger charge is 2.14. The van der Waals surface area contributed by atoms with Gasteiger partial charge in [-0.05, 0) is 22.4 Å². The Morgan fingerprint density at radius 1 is 1.47 bits per heavy atom. The van der Waals surface area contributed by atoms with E-state index >= 15 is 0 Å². The fraction of sp³-hybridized carbons (Fsp3) is 0.273. The maximum atomic E-state index is 10.5. The van der Waals surface area contributed by atoms with Gasteiger partial charge in [0.1, 0.15) is 11.9 Å². The highest BCUT2D eigenvalue weighted by molar-refractivity contribution is 5.40. The van der Waals surface area contributed by atoms with Gasteiger partial charge in [-0.2, -0.15) is 0 Å². The number of nitro groups is 1. The van der Waals surface area contributed by atoms with E-state index in [9.17, 15) is 20.3 Å². The monoisotopic (exact) mass is 264 g/mol. The fourth-order valence-corrected chi connectivity index (χ4v) is 1.72. The van der Waals surface area contributed by atoms with E-state index in [2.05, 4.69) is 9.97 Å². The zero-order valence-electron chi connectivity index (χ0n) is 10.1. The summed E-state index contributed by atoms with van der Waals surface area (Å²) in [6, 6.07) is 0. The van der Waals surface area contributed by atoms with E-state index in [4.69, 9.17) is 0 Å². The molecule has 0 aromatic carbocycles. The second-order valence-corrected chi connectivity index (χ2v) is 4.02. The van der Waals surface area contributed by atoms with Crippen LogP contribution in [0.5, 0.6) is 5.75 Å². The maximum Gasteiger partial charge on any atom is 0.381 e. The van der Waals surface area contributed by atoms with Gasteiger partial charge in [0.15, 0.2) is 0 Å². The molecule has 8 heteroatoms. The molecule has 0 aliphatic heterocycles. The van der Waals surface area contributed by atoms with Gasteiger partial charge in [0, 0.05) is 11.8 Å². The molecule has 2 aromatic heterocycles. The topological polar surface area (TPSA) is 114 Å². The minimum Gasteiger partial charge on any atom is -0.506 e. The smallest absolute Gasteiger partial charge is 0.381 e. The number of pyridine rings is 1. The second kappa shape index (κ2) is 5.02. The Kier molecular flexibility index (Phi) is 3.43. The van der Waals surface area contributed by atoms with Gasteiger partial charge in [0.2, 0.25) is 6.33 Å². The van der Waals surface area contributed by atoms with E-state index in [-0.39, 0.29) is 24.7 Å². The van der Waals surface area contributed by atoms with Gasteiger partial charge in [-0.3, -0.25) is 4.98 Å². The SMILES string of the molecule is Cc1ncc(Cn2cnc([N+](=O)[O-])c2)c(CO)c1O. The van der Waals surface area contributed by atoms with Crippen molar-refractivity contribution in [3.8, 4) is 5.75 Å². The van der Waals surface area contributed by atoms with Crippen molar-refractivity contribution < 1.29 is 15.1 Å². The van der Waals surface area contributed by atoms with Crippen LogP contribution >= 0.6 is 0 Å². The Balaban J connectivity index is 2.32. The molecule has 0 atom stereocenters. The minimum absolute atomic E-state index is 0.0605. The summed E-state index contributed by atoms with van der Waals surface area (Å²) in [6.07, 6.45) is 4.11. The summed E-state index contributed by atoms with van der Waals surface area (Å²) >= 11 is 0. The summed E-state index contributed by atoms with van der Waals surface area (Å²) in [5.74, 6) is -0.315. The first-order valence-electron chi connectivity index (χ1n) is 5.46. The van der Waals surface area contributed by atoms with Gasteiger partial charge in [0.25, 0.3) is 0 Å². The van der Waals surface area contributed by atoms with E-state index < -0.39 is 4.92 Å². The number of imidazole rings is 1. The van der Waals surface area contributed by atoms with Crippen molar-refractivity contribution >= 4 is 5.82 Å². The third kappa shape index (κ3) is 2.52. The third-order valence-corrected chi connectivity index (χ3v) is 2.75. The van der Waals surface area contributed by atoms with E-state index in [1.165, 1.54) is 23.3 Å². The molecular weight excluding hydrogens is 252 g/mol. The van der Waals surface area contributed by atoms with Crippen LogP contribution in [0.15, 0.2) is 18.7 Å². The summed E-state index contributed by atoms with van der Waals surface area (Å²) in [7, 11) is 0. The predicted molar refractivity (Wildman–Crippen MR) is 64.5 cm³/mol. The highest BCUT2D eigenvalue weighted by Crippen LogP contribution is 2.24. The van der Waals surface area contributed by atoms with E-state index in [0.29, 0.717) is 16.8 Å². The van der Waals surface area contributed by atoms with Crippen molar-refractivity contribution in [2.75, 3.05) is 0 Å². The molecule has 2 rings (SSSR count). The Hall–Kier alpha value is -2.48. The molecular formula is C11H12N4O4. The number of hydrogen-bond donors (Lipinski definition) is 2. The van der Waals surface area contributed by atoms with Crippen LogP contribution in [0.25, 0.3) is 0 Å². The lowest BCUT2D eigenvalue weighted by Gasteiger charge is -2.10. The standard InChI is InChI=1S/C11H12N4O4/c1-7-11(17)9(5-16)8(2-12-7)3-14-4-10(13-6-14)15(18)19/h2,4,6,16-17H,3,5H2,1H3. The zero-order chi connectivity index (χ0) is 14.0.